The van der Waals surface area contributed by atoms with Crippen molar-refractivity contribution in [2.24, 2.45) is 0 Å². The van der Waals surface area contributed by atoms with Gasteiger partial charge in [0.25, 0.3) is 11.8 Å². The Morgan fingerprint density at radius 2 is 1.81 bits per heavy atom. The van der Waals surface area contributed by atoms with Crippen molar-refractivity contribution in [2.75, 3.05) is 36.5 Å². The molecule has 1 aliphatic heterocycles. The number of rotatable bonds is 6. The Bertz CT molecular complexity index is 772. The number of carbonyl (C=O) groups is 2. The number of para-hydroxylation sites is 1. The molecule has 0 aliphatic carbocycles. The van der Waals surface area contributed by atoms with Gasteiger partial charge in [0, 0.05) is 11.2 Å². The summed E-state index contributed by atoms with van der Waals surface area (Å²) in [5.74, 6) is -0.214. The monoisotopic (exact) mass is 396 g/mol. The molecule has 1 aromatic carbocycles. The fourth-order valence-electron chi connectivity index (χ4n) is 3.27. The highest BCUT2D eigenvalue weighted by atomic mass is 32.2. The van der Waals surface area contributed by atoms with Crippen LogP contribution in [0, 0.1) is 0 Å². The van der Waals surface area contributed by atoms with Gasteiger partial charge in [-0.1, -0.05) is 18.2 Å². The molecule has 1 fully saturated rings. The zero-order valence-electron chi connectivity index (χ0n) is 16.5. The summed E-state index contributed by atoms with van der Waals surface area (Å²) in [5.41, 5.74) is 0.367. The van der Waals surface area contributed by atoms with Crippen molar-refractivity contribution in [3.8, 4) is 0 Å². The molecule has 27 heavy (non-hydrogen) atoms. The molecule has 7 nitrogen and oxygen atoms in total. The summed E-state index contributed by atoms with van der Waals surface area (Å²) in [7, 11) is -1.33. The van der Waals surface area contributed by atoms with E-state index in [1.807, 2.05) is 51.1 Å². The molecule has 8 heteroatoms. The van der Waals surface area contributed by atoms with Crippen LogP contribution in [0.4, 0.5) is 5.69 Å². The number of nitrogens with one attached hydrogen (secondary N) is 2. The van der Waals surface area contributed by atoms with E-state index in [1.165, 1.54) is 0 Å². The van der Waals surface area contributed by atoms with Crippen LogP contribution in [0.15, 0.2) is 30.3 Å². The van der Waals surface area contributed by atoms with E-state index < -0.39 is 9.84 Å². The van der Waals surface area contributed by atoms with Crippen LogP contribution >= 0.6 is 0 Å². The smallest absolute Gasteiger partial charge is 0.282 e. The van der Waals surface area contributed by atoms with E-state index in [4.69, 9.17) is 0 Å². The summed E-state index contributed by atoms with van der Waals surface area (Å²) in [6.45, 7) is 6.01. The molecule has 1 heterocycles. The van der Waals surface area contributed by atoms with Crippen LogP contribution in [0.5, 0.6) is 0 Å². The van der Waals surface area contributed by atoms with Crippen LogP contribution in [-0.4, -0.2) is 63.5 Å². The minimum Gasteiger partial charge on any atom is -0.347 e. The van der Waals surface area contributed by atoms with Gasteiger partial charge in [-0.15, -0.1) is 0 Å². The molecule has 1 aromatic rings. The summed E-state index contributed by atoms with van der Waals surface area (Å²) in [5, 5.41) is 2.89. The van der Waals surface area contributed by atoms with Crippen molar-refractivity contribution in [2.45, 2.75) is 38.8 Å². The number of hydrogen-bond donors (Lipinski definition) is 2. The Morgan fingerprint density at radius 1 is 1.19 bits per heavy atom. The molecule has 0 radical (unpaired) electrons. The van der Waals surface area contributed by atoms with Crippen LogP contribution in [0.3, 0.4) is 0 Å². The summed E-state index contributed by atoms with van der Waals surface area (Å²) in [6.07, 6.45) is 0.437. The SMILES string of the molecule is C[NH+](CC(=O)NC(C)(C)C)CC(=O)N(c1ccccc1)[C@@H]1CCS(=O)(=O)C1. The van der Waals surface area contributed by atoms with Gasteiger partial charge in [-0.25, -0.2) is 8.42 Å². The average Bonchev–Trinajstić information content (AvgIpc) is 2.86. The number of sulfone groups is 1. The van der Waals surface area contributed by atoms with E-state index >= 15 is 0 Å². The number of benzene rings is 1. The summed E-state index contributed by atoms with van der Waals surface area (Å²) >= 11 is 0. The van der Waals surface area contributed by atoms with Crippen LogP contribution in [-0.2, 0) is 19.4 Å². The number of likely N-dealkylation sites (N-methyl/N-ethyl adjacent to an activating group) is 1. The molecular formula is C19H30N3O4S+. The molecule has 0 aromatic heterocycles. The lowest BCUT2D eigenvalue weighted by atomic mass is 10.1. The molecule has 1 saturated heterocycles. The average molecular weight is 397 g/mol. The lowest BCUT2D eigenvalue weighted by Crippen LogP contribution is -3.11. The molecule has 0 bridgehead atoms. The lowest BCUT2D eigenvalue weighted by Gasteiger charge is -2.29. The third kappa shape index (κ3) is 6.62. The molecule has 0 saturated carbocycles. The second kappa shape index (κ2) is 8.39. The Morgan fingerprint density at radius 3 is 2.33 bits per heavy atom. The van der Waals surface area contributed by atoms with E-state index in [0.717, 1.165) is 4.90 Å². The van der Waals surface area contributed by atoms with E-state index in [2.05, 4.69) is 5.32 Å². The van der Waals surface area contributed by atoms with Gasteiger partial charge in [0.15, 0.2) is 22.9 Å². The van der Waals surface area contributed by atoms with Crippen LogP contribution in [0.1, 0.15) is 27.2 Å². The first-order valence-corrected chi connectivity index (χ1v) is 11.0. The van der Waals surface area contributed by atoms with Gasteiger partial charge in [0.05, 0.1) is 24.6 Å². The van der Waals surface area contributed by atoms with Gasteiger partial charge in [0.2, 0.25) is 0 Å². The van der Waals surface area contributed by atoms with E-state index in [0.29, 0.717) is 12.1 Å². The largest absolute Gasteiger partial charge is 0.347 e. The highest BCUT2D eigenvalue weighted by Gasteiger charge is 2.36. The molecule has 2 N–H and O–H groups in total. The predicted octanol–water partition coefficient (Wildman–Crippen LogP) is -0.364. The van der Waals surface area contributed by atoms with Gasteiger partial charge in [-0.05, 0) is 39.3 Å². The molecule has 0 spiro atoms. The second-order valence-corrected chi connectivity index (χ2v) is 10.5. The van der Waals surface area contributed by atoms with Crippen molar-refractivity contribution in [1.82, 2.24) is 5.32 Å². The number of quaternary nitrogens is 1. The van der Waals surface area contributed by atoms with Crippen molar-refractivity contribution in [3.63, 3.8) is 0 Å². The van der Waals surface area contributed by atoms with Gasteiger partial charge < -0.3 is 15.1 Å². The summed E-state index contributed by atoms with van der Waals surface area (Å²) < 4.78 is 23.8. The molecule has 2 atom stereocenters. The summed E-state index contributed by atoms with van der Waals surface area (Å²) in [6, 6.07) is 8.76. The Balaban J connectivity index is 2.09. The van der Waals surface area contributed by atoms with E-state index in [9.17, 15) is 18.0 Å². The van der Waals surface area contributed by atoms with E-state index in [1.54, 1.807) is 11.9 Å². The lowest BCUT2D eigenvalue weighted by molar-refractivity contribution is -0.862. The molecule has 1 unspecified atom stereocenters. The highest BCUT2D eigenvalue weighted by Crippen LogP contribution is 2.24. The first-order valence-electron chi connectivity index (χ1n) is 9.17. The standard InChI is InChI=1S/C19H29N3O4S/c1-19(2,3)20-17(23)12-21(4)13-18(24)22(15-8-6-5-7-9-15)16-10-11-27(25,26)14-16/h5-9,16H,10-14H2,1-4H3,(H,20,23)/p+1/t16-/m1/s1. The summed E-state index contributed by atoms with van der Waals surface area (Å²) in [4.78, 5) is 27.4. The Hall–Kier alpha value is -1.93. The Labute approximate surface area is 161 Å². The van der Waals surface area contributed by atoms with Crippen molar-refractivity contribution >= 4 is 27.3 Å². The first-order chi connectivity index (χ1) is 12.5. The third-order valence-corrected chi connectivity index (χ3v) is 6.06. The third-order valence-electron chi connectivity index (χ3n) is 4.31. The molecule has 2 rings (SSSR count). The van der Waals surface area contributed by atoms with Crippen molar-refractivity contribution in [1.29, 1.82) is 0 Å². The van der Waals surface area contributed by atoms with Gasteiger partial charge in [-0.3, -0.25) is 9.59 Å². The van der Waals surface area contributed by atoms with Crippen molar-refractivity contribution in [3.05, 3.63) is 30.3 Å². The number of nitrogens with zero attached hydrogens (tertiary/aromatic N) is 1. The fourth-order valence-corrected chi connectivity index (χ4v) is 4.97. The van der Waals surface area contributed by atoms with Crippen LogP contribution in [0.2, 0.25) is 0 Å². The quantitative estimate of drug-likeness (QED) is 0.687. The molecule has 1 aliphatic rings. The predicted molar refractivity (Wildman–Crippen MR) is 106 cm³/mol. The molecule has 150 valence electrons. The minimum absolute atomic E-state index is 0.0167. The van der Waals surface area contributed by atoms with Gasteiger partial charge >= 0.3 is 0 Å². The maximum absolute atomic E-state index is 13.0. The maximum atomic E-state index is 13.0. The van der Waals surface area contributed by atoms with Gasteiger partial charge in [0.1, 0.15) is 0 Å². The minimum atomic E-state index is -3.11. The number of carbonyl (C=O) groups excluding carboxylic acids is 2. The topological polar surface area (TPSA) is 88.0 Å². The zero-order chi connectivity index (χ0) is 20.2. The second-order valence-electron chi connectivity index (χ2n) is 8.26. The number of hydrogen-bond acceptors (Lipinski definition) is 4. The van der Waals surface area contributed by atoms with Crippen LogP contribution in [0.25, 0.3) is 0 Å². The molecule has 2 amide bonds. The normalized spacial score (nSPS) is 20.1. The van der Waals surface area contributed by atoms with Crippen LogP contribution < -0.4 is 15.1 Å². The highest BCUT2D eigenvalue weighted by molar-refractivity contribution is 7.91. The fraction of sp³-hybridized carbons (Fsp3) is 0.579. The van der Waals surface area contributed by atoms with Crippen molar-refractivity contribution < 1.29 is 22.9 Å². The Kier molecular flexibility index (Phi) is 6.64. The number of amides is 2. The van der Waals surface area contributed by atoms with E-state index in [-0.39, 0.29) is 48.0 Å². The number of anilines is 1. The molecular weight excluding hydrogens is 366 g/mol. The first kappa shape index (κ1) is 21.4. The maximum Gasteiger partial charge on any atom is 0.282 e. The zero-order valence-corrected chi connectivity index (χ0v) is 17.3. The van der Waals surface area contributed by atoms with Gasteiger partial charge in [-0.2, -0.15) is 0 Å².